The fraction of sp³-hybridized carbons (Fsp3) is 0.706. The van der Waals surface area contributed by atoms with Gasteiger partial charge in [-0.25, -0.2) is 0 Å². The van der Waals surface area contributed by atoms with E-state index in [1.807, 2.05) is 13.1 Å². The van der Waals surface area contributed by atoms with Crippen LogP contribution in [-0.4, -0.2) is 35.6 Å². The Labute approximate surface area is 123 Å². The second-order valence-corrected chi connectivity index (χ2v) is 6.25. The van der Waals surface area contributed by atoms with E-state index < -0.39 is 0 Å². The van der Waals surface area contributed by atoms with E-state index in [4.69, 9.17) is 0 Å². The summed E-state index contributed by atoms with van der Waals surface area (Å²) in [5.74, 6) is 0. The summed E-state index contributed by atoms with van der Waals surface area (Å²) in [6, 6.07) is 2.70. The molecule has 112 valence electrons. The van der Waals surface area contributed by atoms with Crippen molar-refractivity contribution in [2.75, 3.05) is 19.6 Å². The number of rotatable bonds is 5. The predicted molar refractivity (Wildman–Crippen MR) is 84.9 cm³/mol. The van der Waals surface area contributed by atoms with Gasteiger partial charge in [0.05, 0.1) is 0 Å². The molecule has 1 unspecified atom stereocenters. The minimum Gasteiger partial charge on any atom is -0.309 e. The van der Waals surface area contributed by atoms with Crippen LogP contribution in [0.15, 0.2) is 12.3 Å². The molecular weight excluding hydrogens is 246 g/mol. The molecular formula is C17H29N3. The molecule has 1 aliphatic rings. The standard InChI is InChI=1S/C17H29N3/c1-14-10-15(2)18-11-17(14)12-19-16(3)13-20-8-6-4-5-7-9-20/h10-11,16,19H,4-9,12-13H2,1-3H3. The highest BCUT2D eigenvalue weighted by Gasteiger charge is 2.12. The molecule has 0 aromatic carbocycles. The molecule has 1 saturated heterocycles. The molecule has 0 aliphatic carbocycles. The lowest BCUT2D eigenvalue weighted by atomic mass is 10.1. The molecule has 20 heavy (non-hydrogen) atoms. The van der Waals surface area contributed by atoms with Gasteiger partial charge >= 0.3 is 0 Å². The van der Waals surface area contributed by atoms with Gasteiger partial charge in [0.15, 0.2) is 0 Å². The fourth-order valence-electron chi connectivity index (χ4n) is 2.96. The van der Waals surface area contributed by atoms with Gasteiger partial charge in [0.2, 0.25) is 0 Å². The van der Waals surface area contributed by atoms with Crippen LogP contribution in [0, 0.1) is 13.8 Å². The van der Waals surface area contributed by atoms with Crippen LogP contribution < -0.4 is 5.32 Å². The molecule has 0 saturated carbocycles. The maximum Gasteiger partial charge on any atom is 0.0375 e. The van der Waals surface area contributed by atoms with Gasteiger partial charge in [-0.05, 0) is 63.9 Å². The van der Waals surface area contributed by atoms with E-state index in [0.29, 0.717) is 6.04 Å². The summed E-state index contributed by atoms with van der Waals surface area (Å²) in [6.45, 7) is 11.2. The number of likely N-dealkylation sites (tertiary alicyclic amines) is 1. The Morgan fingerprint density at radius 2 is 1.90 bits per heavy atom. The Hall–Kier alpha value is -0.930. The molecule has 0 spiro atoms. The SMILES string of the molecule is Cc1cc(C)c(CNC(C)CN2CCCCCC2)cn1. The Kier molecular flexibility index (Phi) is 5.99. The average Bonchev–Trinajstić information content (AvgIpc) is 2.66. The maximum absolute atomic E-state index is 4.40. The van der Waals surface area contributed by atoms with Gasteiger partial charge in [-0.2, -0.15) is 0 Å². The molecule has 3 heteroatoms. The molecule has 3 nitrogen and oxygen atoms in total. The zero-order valence-electron chi connectivity index (χ0n) is 13.3. The summed E-state index contributed by atoms with van der Waals surface area (Å²) in [6.07, 6.45) is 7.57. The maximum atomic E-state index is 4.40. The molecule has 1 atom stereocenters. The number of nitrogens with zero attached hydrogens (tertiary/aromatic N) is 2. The highest BCUT2D eigenvalue weighted by atomic mass is 15.1. The second-order valence-electron chi connectivity index (χ2n) is 6.25. The molecule has 1 aromatic heterocycles. The van der Waals surface area contributed by atoms with Crippen molar-refractivity contribution in [3.8, 4) is 0 Å². The number of aromatic nitrogens is 1. The van der Waals surface area contributed by atoms with E-state index in [1.54, 1.807) is 0 Å². The summed E-state index contributed by atoms with van der Waals surface area (Å²) in [5, 5.41) is 3.65. The van der Waals surface area contributed by atoms with Crippen LogP contribution in [0.5, 0.6) is 0 Å². The zero-order chi connectivity index (χ0) is 14.4. The van der Waals surface area contributed by atoms with Gasteiger partial charge < -0.3 is 10.2 Å². The Morgan fingerprint density at radius 3 is 2.55 bits per heavy atom. The van der Waals surface area contributed by atoms with Crippen LogP contribution in [0.2, 0.25) is 0 Å². The number of hydrogen-bond acceptors (Lipinski definition) is 3. The number of nitrogens with one attached hydrogen (secondary N) is 1. The van der Waals surface area contributed by atoms with Gasteiger partial charge in [0.1, 0.15) is 0 Å². The summed E-state index contributed by atoms with van der Waals surface area (Å²) < 4.78 is 0. The number of hydrogen-bond donors (Lipinski definition) is 1. The first kappa shape index (κ1) is 15.5. The van der Waals surface area contributed by atoms with E-state index in [1.165, 1.54) is 56.4 Å². The molecule has 2 rings (SSSR count). The second kappa shape index (κ2) is 7.75. The minimum atomic E-state index is 0.536. The van der Waals surface area contributed by atoms with Gasteiger partial charge in [-0.15, -0.1) is 0 Å². The smallest absolute Gasteiger partial charge is 0.0375 e. The molecule has 1 aliphatic heterocycles. The third kappa shape index (κ3) is 4.88. The summed E-state index contributed by atoms with van der Waals surface area (Å²) in [5.41, 5.74) is 3.76. The minimum absolute atomic E-state index is 0.536. The van der Waals surface area contributed by atoms with Crippen LogP contribution in [0.1, 0.15) is 49.4 Å². The van der Waals surface area contributed by atoms with Crippen molar-refractivity contribution >= 4 is 0 Å². The molecule has 0 radical (unpaired) electrons. The van der Waals surface area contributed by atoms with E-state index in [9.17, 15) is 0 Å². The van der Waals surface area contributed by atoms with Crippen molar-refractivity contribution in [3.63, 3.8) is 0 Å². The number of pyridine rings is 1. The van der Waals surface area contributed by atoms with Gasteiger partial charge in [0.25, 0.3) is 0 Å². The number of aryl methyl sites for hydroxylation is 2. The lowest BCUT2D eigenvalue weighted by molar-refractivity contribution is 0.255. The first-order valence-electron chi connectivity index (χ1n) is 8.03. The van der Waals surface area contributed by atoms with Crippen LogP contribution in [0.4, 0.5) is 0 Å². The van der Waals surface area contributed by atoms with Gasteiger partial charge in [0, 0.05) is 31.0 Å². The first-order valence-corrected chi connectivity index (χ1v) is 8.03. The molecule has 1 fully saturated rings. The molecule has 1 N–H and O–H groups in total. The average molecular weight is 275 g/mol. The van der Waals surface area contributed by atoms with Crippen molar-refractivity contribution in [2.24, 2.45) is 0 Å². The Bertz CT molecular complexity index is 409. The van der Waals surface area contributed by atoms with E-state index in [2.05, 4.69) is 35.1 Å². The summed E-state index contributed by atoms with van der Waals surface area (Å²) in [7, 11) is 0. The highest BCUT2D eigenvalue weighted by molar-refractivity contribution is 5.24. The quantitative estimate of drug-likeness (QED) is 0.895. The van der Waals surface area contributed by atoms with Gasteiger partial charge in [-0.1, -0.05) is 12.8 Å². The van der Waals surface area contributed by atoms with Crippen LogP contribution >= 0.6 is 0 Å². The third-order valence-electron chi connectivity index (χ3n) is 4.23. The molecule has 1 aromatic rings. The lowest BCUT2D eigenvalue weighted by Gasteiger charge is -2.24. The van der Waals surface area contributed by atoms with Crippen molar-refractivity contribution in [2.45, 2.75) is 59.0 Å². The summed E-state index contributed by atoms with van der Waals surface area (Å²) in [4.78, 5) is 7.01. The van der Waals surface area contributed by atoms with Crippen LogP contribution in [-0.2, 0) is 6.54 Å². The van der Waals surface area contributed by atoms with Crippen LogP contribution in [0.3, 0.4) is 0 Å². The van der Waals surface area contributed by atoms with Gasteiger partial charge in [-0.3, -0.25) is 4.98 Å². The van der Waals surface area contributed by atoms with E-state index >= 15 is 0 Å². The van der Waals surface area contributed by atoms with Crippen molar-refractivity contribution in [1.82, 2.24) is 15.2 Å². The lowest BCUT2D eigenvalue weighted by Crippen LogP contribution is -2.39. The van der Waals surface area contributed by atoms with Crippen molar-refractivity contribution in [3.05, 3.63) is 29.1 Å². The Morgan fingerprint density at radius 1 is 1.20 bits per heavy atom. The van der Waals surface area contributed by atoms with Crippen molar-refractivity contribution in [1.29, 1.82) is 0 Å². The van der Waals surface area contributed by atoms with Crippen molar-refractivity contribution < 1.29 is 0 Å². The van der Waals surface area contributed by atoms with Crippen LogP contribution in [0.25, 0.3) is 0 Å². The van der Waals surface area contributed by atoms with E-state index in [-0.39, 0.29) is 0 Å². The Balaban J connectivity index is 1.77. The summed E-state index contributed by atoms with van der Waals surface area (Å²) >= 11 is 0. The fourth-order valence-corrected chi connectivity index (χ4v) is 2.96. The molecule has 2 heterocycles. The largest absolute Gasteiger partial charge is 0.309 e. The van der Waals surface area contributed by atoms with E-state index in [0.717, 1.165) is 12.2 Å². The normalized spacial score (nSPS) is 18.8. The zero-order valence-corrected chi connectivity index (χ0v) is 13.3. The topological polar surface area (TPSA) is 28.2 Å². The molecule has 0 bridgehead atoms. The predicted octanol–water partition coefficient (Wildman–Crippen LogP) is 3.05. The molecule has 0 amide bonds. The third-order valence-corrected chi connectivity index (χ3v) is 4.23. The highest BCUT2D eigenvalue weighted by Crippen LogP contribution is 2.11. The first-order chi connectivity index (χ1) is 9.65. The monoisotopic (exact) mass is 275 g/mol.